The Morgan fingerprint density at radius 3 is 2.57 bits per heavy atom. The predicted molar refractivity (Wildman–Crippen MR) is 88.9 cm³/mol. The van der Waals surface area contributed by atoms with Crippen LogP contribution < -0.4 is 5.32 Å². The molecule has 1 saturated heterocycles. The van der Waals surface area contributed by atoms with Gasteiger partial charge in [-0.1, -0.05) is 15.9 Å². The predicted octanol–water partition coefficient (Wildman–Crippen LogP) is 2.77. The molecule has 0 radical (unpaired) electrons. The molecular formula is C15H23BrN2O2S. The zero-order chi connectivity index (χ0) is 15.5. The van der Waals surface area contributed by atoms with E-state index in [9.17, 15) is 8.42 Å². The van der Waals surface area contributed by atoms with Crippen LogP contribution in [0.2, 0.25) is 0 Å². The Balaban J connectivity index is 2.06. The first-order valence-corrected chi connectivity index (χ1v) is 9.59. The highest BCUT2D eigenvalue weighted by molar-refractivity contribution is 9.10. The lowest BCUT2D eigenvalue weighted by molar-refractivity contribution is 0.263. The first-order valence-electron chi connectivity index (χ1n) is 7.36. The molecule has 118 valence electrons. The third kappa shape index (κ3) is 4.06. The zero-order valence-corrected chi connectivity index (χ0v) is 15.0. The van der Waals surface area contributed by atoms with E-state index in [1.54, 1.807) is 16.4 Å². The minimum Gasteiger partial charge on any atom is -0.320 e. The number of aryl methyl sites for hydroxylation is 1. The van der Waals surface area contributed by atoms with E-state index < -0.39 is 10.0 Å². The van der Waals surface area contributed by atoms with Crippen LogP contribution in [0.15, 0.2) is 27.6 Å². The summed E-state index contributed by atoms with van der Waals surface area (Å²) >= 11 is 3.41. The van der Waals surface area contributed by atoms with Gasteiger partial charge in [0, 0.05) is 17.6 Å². The molecule has 0 aromatic heterocycles. The third-order valence-corrected chi connectivity index (χ3v) is 6.93. The van der Waals surface area contributed by atoms with Gasteiger partial charge in [0.05, 0.1) is 4.90 Å². The minimum atomic E-state index is -3.35. The van der Waals surface area contributed by atoms with Gasteiger partial charge in [0.15, 0.2) is 0 Å². The summed E-state index contributed by atoms with van der Waals surface area (Å²) < 4.78 is 27.9. The Labute approximate surface area is 136 Å². The molecule has 0 saturated carbocycles. The number of sulfonamides is 1. The molecule has 4 nitrogen and oxygen atoms in total. The fourth-order valence-corrected chi connectivity index (χ4v) is 4.52. The van der Waals surface area contributed by atoms with Crippen molar-refractivity contribution in [3.05, 3.63) is 28.2 Å². The second-order valence-electron chi connectivity index (χ2n) is 5.65. The van der Waals surface area contributed by atoms with E-state index in [-0.39, 0.29) is 0 Å². The van der Waals surface area contributed by atoms with E-state index in [4.69, 9.17) is 0 Å². The van der Waals surface area contributed by atoms with Crippen molar-refractivity contribution in [1.82, 2.24) is 9.62 Å². The van der Waals surface area contributed by atoms with Gasteiger partial charge in [-0.05, 0) is 69.5 Å². The van der Waals surface area contributed by atoms with Gasteiger partial charge in [0.2, 0.25) is 10.0 Å². The van der Waals surface area contributed by atoms with Gasteiger partial charge in [-0.2, -0.15) is 4.31 Å². The first-order chi connectivity index (χ1) is 9.95. The van der Waals surface area contributed by atoms with Crippen molar-refractivity contribution in [2.75, 3.05) is 26.7 Å². The zero-order valence-electron chi connectivity index (χ0n) is 12.6. The van der Waals surface area contributed by atoms with Gasteiger partial charge < -0.3 is 5.32 Å². The average molecular weight is 375 g/mol. The average Bonchev–Trinajstić information content (AvgIpc) is 2.48. The lowest BCUT2D eigenvalue weighted by Gasteiger charge is -2.31. The van der Waals surface area contributed by atoms with E-state index in [0.717, 1.165) is 35.8 Å². The Morgan fingerprint density at radius 1 is 1.33 bits per heavy atom. The molecule has 0 amide bonds. The normalized spacial score (nSPS) is 18.0. The summed E-state index contributed by atoms with van der Waals surface area (Å²) in [6.45, 7) is 4.17. The molecule has 0 atom stereocenters. The Hall–Kier alpha value is -0.430. The van der Waals surface area contributed by atoms with Crippen molar-refractivity contribution < 1.29 is 8.42 Å². The Bertz CT molecular complexity index is 581. The molecule has 21 heavy (non-hydrogen) atoms. The van der Waals surface area contributed by atoms with E-state index in [1.807, 2.05) is 20.0 Å². The number of hydrogen-bond donors (Lipinski definition) is 1. The van der Waals surface area contributed by atoms with Gasteiger partial charge in [0.1, 0.15) is 0 Å². The maximum absolute atomic E-state index is 12.7. The highest BCUT2D eigenvalue weighted by atomic mass is 79.9. The standard InChI is InChI=1S/C15H23BrN2O2S/c1-12-11-14(3-4-15(12)16)21(19,20)18-9-6-13(7-10-18)5-8-17-2/h3-4,11,13,17H,5-10H2,1-2H3. The van der Waals surface area contributed by atoms with Crippen LogP contribution >= 0.6 is 15.9 Å². The molecule has 1 aliphatic rings. The summed E-state index contributed by atoms with van der Waals surface area (Å²) in [4.78, 5) is 0.400. The van der Waals surface area contributed by atoms with Crippen LogP contribution in [0.5, 0.6) is 0 Å². The van der Waals surface area contributed by atoms with Crippen LogP contribution in [-0.2, 0) is 10.0 Å². The molecule has 1 aromatic carbocycles. The number of benzene rings is 1. The molecular weight excluding hydrogens is 352 g/mol. The van der Waals surface area contributed by atoms with Crippen LogP contribution in [0.4, 0.5) is 0 Å². The summed E-state index contributed by atoms with van der Waals surface area (Å²) in [7, 11) is -1.39. The molecule has 2 rings (SSSR count). The fourth-order valence-electron chi connectivity index (χ4n) is 2.71. The molecule has 1 N–H and O–H groups in total. The Morgan fingerprint density at radius 2 is 2.00 bits per heavy atom. The summed E-state index contributed by atoms with van der Waals surface area (Å²) in [6.07, 6.45) is 3.04. The largest absolute Gasteiger partial charge is 0.320 e. The van der Waals surface area contributed by atoms with Gasteiger partial charge in [-0.3, -0.25) is 0 Å². The van der Waals surface area contributed by atoms with Gasteiger partial charge in [-0.25, -0.2) is 8.42 Å². The van der Waals surface area contributed by atoms with Gasteiger partial charge in [0.25, 0.3) is 0 Å². The van der Waals surface area contributed by atoms with Crippen molar-refractivity contribution in [3.8, 4) is 0 Å². The second-order valence-corrected chi connectivity index (χ2v) is 8.44. The second kappa shape index (κ2) is 7.22. The quantitative estimate of drug-likeness (QED) is 0.861. The maximum Gasteiger partial charge on any atom is 0.243 e. The van der Waals surface area contributed by atoms with Crippen LogP contribution in [0.3, 0.4) is 0 Å². The number of piperidine rings is 1. The maximum atomic E-state index is 12.7. The smallest absolute Gasteiger partial charge is 0.243 e. The van der Waals surface area contributed by atoms with Crippen molar-refractivity contribution in [2.45, 2.75) is 31.1 Å². The molecule has 0 spiro atoms. The number of rotatable bonds is 5. The Kier molecular flexibility index (Phi) is 5.82. The summed E-state index contributed by atoms with van der Waals surface area (Å²) in [5.74, 6) is 0.635. The van der Waals surface area contributed by atoms with E-state index in [0.29, 0.717) is 23.9 Å². The highest BCUT2D eigenvalue weighted by Crippen LogP contribution is 2.27. The lowest BCUT2D eigenvalue weighted by Crippen LogP contribution is -2.38. The van der Waals surface area contributed by atoms with Crippen LogP contribution in [0, 0.1) is 12.8 Å². The number of nitrogens with one attached hydrogen (secondary N) is 1. The van der Waals surface area contributed by atoms with Gasteiger partial charge in [-0.15, -0.1) is 0 Å². The first kappa shape index (κ1) is 16.9. The molecule has 0 bridgehead atoms. The molecule has 1 heterocycles. The highest BCUT2D eigenvalue weighted by Gasteiger charge is 2.29. The minimum absolute atomic E-state index is 0.400. The molecule has 1 fully saturated rings. The van der Waals surface area contributed by atoms with E-state index >= 15 is 0 Å². The summed E-state index contributed by atoms with van der Waals surface area (Å²) in [5.41, 5.74) is 0.944. The van der Waals surface area contributed by atoms with Crippen molar-refractivity contribution in [2.24, 2.45) is 5.92 Å². The number of nitrogens with zero attached hydrogens (tertiary/aromatic N) is 1. The molecule has 0 aliphatic carbocycles. The molecule has 0 unspecified atom stereocenters. The van der Waals surface area contributed by atoms with Crippen molar-refractivity contribution in [3.63, 3.8) is 0 Å². The van der Waals surface area contributed by atoms with Crippen molar-refractivity contribution in [1.29, 1.82) is 0 Å². The van der Waals surface area contributed by atoms with E-state index in [2.05, 4.69) is 21.2 Å². The SMILES string of the molecule is CNCCC1CCN(S(=O)(=O)c2ccc(Br)c(C)c2)CC1. The van der Waals surface area contributed by atoms with Crippen LogP contribution in [-0.4, -0.2) is 39.4 Å². The topological polar surface area (TPSA) is 49.4 Å². The fraction of sp³-hybridized carbons (Fsp3) is 0.600. The molecule has 1 aromatic rings. The number of halogens is 1. The lowest BCUT2D eigenvalue weighted by atomic mass is 9.95. The van der Waals surface area contributed by atoms with E-state index in [1.165, 1.54) is 0 Å². The van der Waals surface area contributed by atoms with Crippen molar-refractivity contribution >= 4 is 26.0 Å². The summed E-state index contributed by atoms with van der Waals surface area (Å²) in [6, 6.07) is 5.23. The third-order valence-electron chi connectivity index (χ3n) is 4.14. The molecule has 1 aliphatic heterocycles. The van der Waals surface area contributed by atoms with Crippen LogP contribution in [0.1, 0.15) is 24.8 Å². The summed E-state index contributed by atoms with van der Waals surface area (Å²) in [5, 5.41) is 3.16. The molecule has 6 heteroatoms. The number of hydrogen-bond acceptors (Lipinski definition) is 3. The van der Waals surface area contributed by atoms with Gasteiger partial charge >= 0.3 is 0 Å². The monoisotopic (exact) mass is 374 g/mol. The van der Waals surface area contributed by atoms with Crippen LogP contribution in [0.25, 0.3) is 0 Å².